The van der Waals surface area contributed by atoms with Gasteiger partial charge in [-0.05, 0) is 17.5 Å². The van der Waals surface area contributed by atoms with Gasteiger partial charge in [0, 0.05) is 16.6 Å². The zero-order valence-electron chi connectivity index (χ0n) is 8.38. The van der Waals surface area contributed by atoms with E-state index in [1.165, 1.54) is 0 Å². The third-order valence-electron chi connectivity index (χ3n) is 2.22. The first-order chi connectivity index (χ1) is 7.33. The van der Waals surface area contributed by atoms with Crippen LogP contribution in [0, 0.1) is 0 Å². The number of hydrogen-bond donors (Lipinski definition) is 1. The highest BCUT2D eigenvalue weighted by molar-refractivity contribution is 7.10. The van der Waals surface area contributed by atoms with E-state index in [1.807, 2.05) is 23.6 Å². The number of thiophene rings is 1. The molecule has 0 aromatic carbocycles. The van der Waals surface area contributed by atoms with Crippen LogP contribution in [0.5, 0.6) is 5.75 Å². The molecular formula is C11H12N2OS. The van der Waals surface area contributed by atoms with E-state index in [0.717, 1.165) is 16.2 Å². The normalized spacial score (nSPS) is 12.4. The van der Waals surface area contributed by atoms with Crippen molar-refractivity contribution in [3.8, 4) is 5.75 Å². The summed E-state index contributed by atoms with van der Waals surface area (Å²) in [5.74, 6) is 0.735. The average Bonchev–Trinajstić information content (AvgIpc) is 2.81. The van der Waals surface area contributed by atoms with Crippen LogP contribution in [-0.2, 0) is 0 Å². The molecule has 0 spiro atoms. The molecule has 4 heteroatoms. The van der Waals surface area contributed by atoms with Crippen molar-refractivity contribution in [1.82, 2.24) is 4.98 Å². The van der Waals surface area contributed by atoms with Gasteiger partial charge in [0.2, 0.25) is 0 Å². The Labute approximate surface area is 92.5 Å². The van der Waals surface area contributed by atoms with Gasteiger partial charge in [-0.25, -0.2) is 0 Å². The molecule has 0 bridgehead atoms. The quantitative estimate of drug-likeness (QED) is 0.862. The zero-order chi connectivity index (χ0) is 10.7. The molecule has 2 aromatic heterocycles. The lowest BCUT2D eigenvalue weighted by atomic mass is 10.1. The van der Waals surface area contributed by atoms with Crippen molar-refractivity contribution in [1.29, 1.82) is 0 Å². The van der Waals surface area contributed by atoms with Crippen molar-refractivity contribution in [2.75, 3.05) is 7.11 Å². The predicted molar refractivity (Wildman–Crippen MR) is 61.1 cm³/mol. The van der Waals surface area contributed by atoms with Crippen LogP contribution in [0.4, 0.5) is 0 Å². The molecule has 1 atom stereocenters. The van der Waals surface area contributed by atoms with Crippen LogP contribution in [0.2, 0.25) is 0 Å². The summed E-state index contributed by atoms with van der Waals surface area (Å²) in [5, 5.41) is 2.02. The third kappa shape index (κ3) is 2.00. The lowest BCUT2D eigenvalue weighted by molar-refractivity contribution is 0.406. The molecule has 78 valence electrons. The first-order valence-electron chi connectivity index (χ1n) is 4.60. The minimum absolute atomic E-state index is 0.136. The van der Waals surface area contributed by atoms with Crippen molar-refractivity contribution in [2.45, 2.75) is 6.04 Å². The summed E-state index contributed by atoms with van der Waals surface area (Å²) in [7, 11) is 1.63. The zero-order valence-corrected chi connectivity index (χ0v) is 9.20. The summed E-state index contributed by atoms with van der Waals surface area (Å²) in [5.41, 5.74) is 7.11. The molecule has 0 amide bonds. The fraction of sp³-hybridized carbons (Fsp3) is 0.182. The second-order valence-electron chi connectivity index (χ2n) is 3.11. The molecule has 2 rings (SSSR count). The topological polar surface area (TPSA) is 48.1 Å². The fourth-order valence-electron chi connectivity index (χ4n) is 1.44. The Balaban J connectivity index is 2.37. The first-order valence-corrected chi connectivity index (χ1v) is 5.47. The van der Waals surface area contributed by atoms with Crippen molar-refractivity contribution < 1.29 is 4.74 Å². The van der Waals surface area contributed by atoms with Gasteiger partial charge >= 0.3 is 0 Å². The highest BCUT2D eigenvalue weighted by Gasteiger charge is 2.14. The minimum atomic E-state index is -0.136. The third-order valence-corrected chi connectivity index (χ3v) is 3.18. The standard InChI is InChI=1S/C11H12N2OS/c1-14-9-7-13-5-4-8(9)11(12)10-3-2-6-15-10/h2-7,11H,12H2,1H3. The van der Waals surface area contributed by atoms with Gasteiger partial charge in [0.15, 0.2) is 0 Å². The summed E-state index contributed by atoms with van der Waals surface area (Å²) in [4.78, 5) is 5.13. The molecule has 0 radical (unpaired) electrons. The lowest BCUT2D eigenvalue weighted by Crippen LogP contribution is -2.11. The Morgan fingerprint density at radius 1 is 1.47 bits per heavy atom. The van der Waals surface area contributed by atoms with Crippen LogP contribution in [0.15, 0.2) is 36.0 Å². The van der Waals surface area contributed by atoms with Gasteiger partial charge in [-0.1, -0.05) is 6.07 Å². The maximum atomic E-state index is 6.14. The average molecular weight is 220 g/mol. The largest absolute Gasteiger partial charge is 0.495 e. The summed E-state index contributed by atoms with van der Waals surface area (Å²) in [6.07, 6.45) is 3.41. The molecule has 0 saturated heterocycles. The highest BCUT2D eigenvalue weighted by atomic mass is 32.1. The first kappa shape index (κ1) is 10.1. The molecule has 0 aliphatic heterocycles. The van der Waals surface area contributed by atoms with Crippen molar-refractivity contribution in [3.63, 3.8) is 0 Å². The Morgan fingerprint density at radius 3 is 3.00 bits per heavy atom. The number of nitrogens with two attached hydrogens (primary N) is 1. The van der Waals surface area contributed by atoms with Gasteiger partial charge in [-0.3, -0.25) is 4.98 Å². The van der Waals surface area contributed by atoms with E-state index in [1.54, 1.807) is 30.8 Å². The molecule has 0 fully saturated rings. The smallest absolute Gasteiger partial charge is 0.142 e. The monoisotopic (exact) mass is 220 g/mol. The maximum absolute atomic E-state index is 6.14. The number of hydrogen-bond acceptors (Lipinski definition) is 4. The van der Waals surface area contributed by atoms with Gasteiger partial charge in [0.05, 0.1) is 19.3 Å². The number of rotatable bonds is 3. The number of aromatic nitrogens is 1. The Bertz CT molecular complexity index is 428. The summed E-state index contributed by atoms with van der Waals surface area (Å²) < 4.78 is 5.23. The summed E-state index contributed by atoms with van der Waals surface area (Å²) in [6, 6.07) is 5.77. The Morgan fingerprint density at radius 2 is 2.33 bits per heavy atom. The molecule has 1 unspecified atom stereocenters. The van der Waals surface area contributed by atoms with Crippen LogP contribution in [0.25, 0.3) is 0 Å². The predicted octanol–water partition coefficient (Wildman–Crippen LogP) is 2.20. The van der Waals surface area contributed by atoms with Crippen LogP contribution in [0.3, 0.4) is 0 Å². The van der Waals surface area contributed by atoms with Gasteiger partial charge in [0.1, 0.15) is 5.75 Å². The molecule has 2 heterocycles. The van der Waals surface area contributed by atoms with Gasteiger partial charge in [-0.15, -0.1) is 11.3 Å². The van der Waals surface area contributed by atoms with Crippen molar-refractivity contribution in [2.24, 2.45) is 5.73 Å². The second-order valence-corrected chi connectivity index (χ2v) is 4.09. The molecular weight excluding hydrogens is 208 g/mol. The SMILES string of the molecule is COc1cnccc1C(N)c1cccs1. The van der Waals surface area contributed by atoms with Crippen LogP contribution >= 0.6 is 11.3 Å². The van der Waals surface area contributed by atoms with E-state index < -0.39 is 0 Å². The summed E-state index contributed by atoms with van der Waals surface area (Å²) in [6.45, 7) is 0. The number of nitrogens with zero attached hydrogens (tertiary/aromatic N) is 1. The van der Waals surface area contributed by atoms with Crippen LogP contribution in [0.1, 0.15) is 16.5 Å². The van der Waals surface area contributed by atoms with E-state index in [2.05, 4.69) is 4.98 Å². The number of ether oxygens (including phenoxy) is 1. The molecule has 2 N–H and O–H groups in total. The van der Waals surface area contributed by atoms with Gasteiger partial charge in [-0.2, -0.15) is 0 Å². The van der Waals surface area contributed by atoms with Gasteiger partial charge < -0.3 is 10.5 Å². The van der Waals surface area contributed by atoms with Crippen molar-refractivity contribution >= 4 is 11.3 Å². The number of methoxy groups -OCH3 is 1. The summed E-state index contributed by atoms with van der Waals surface area (Å²) >= 11 is 1.64. The highest BCUT2D eigenvalue weighted by Crippen LogP contribution is 2.29. The lowest BCUT2D eigenvalue weighted by Gasteiger charge is -2.13. The van der Waals surface area contributed by atoms with Gasteiger partial charge in [0.25, 0.3) is 0 Å². The minimum Gasteiger partial charge on any atom is -0.495 e. The molecule has 15 heavy (non-hydrogen) atoms. The molecule has 0 aliphatic carbocycles. The molecule has 0 saturated carbocycles. The molecule has 3 nitrogen and oxygen atoms in total. The fourth-order valence-corrected chi connectivity index (χ4v) is 2.18. The van der Waals surface area contributed by atoms with Crippen LogP contribution in [-0.4, -0.2) is 12.1 Å². The molecule has 0 aliphatic rings. The van der Waals surface area contributed by atoms with Crippen molar-refractivity contribution in [3.05, 3.63) is 46.4 Å². The second kappa shape index (κ2) is 4.42. The van der Waals surface area contributed by atoms with E-state index in [-0.39, 0.29) is 6.04 Å². The maximum Gasteiger partial charge on any atom is 0.142 e. The van der Waals surface area contributed by atoms with E-state index >= 15 is 0 Å². The molecule has 2 aromatic rings. The number of pyridine rings is 1. The van der Waals surface area contributed by atoms with Crippen LogP contribution < -0.4 is 10.5 Å². The Hall–Kier alpha value is -1.39. The van der Waals surface area contributed by atoms with E-state index in [9.17, 15) is 0 Å². The Kier molecular flexibility index (Phi) is 2.99. The van der Waals surface area contributed by atoms with E-state index in [4.69, 9.17) is 10.5 Å². The van der Waals surface area contributed by atoms with E-state index in [0.29, 0.717) is 0 Å².